The number of esters is 2. The van der Waals surface area contributed by atoms with Gasteiger partial charge in [-0.15, -0.1) is 0 Å². The van der Waals surface area contributed by atoms with Gasteiger partial charge in [0.1, 0.15) is 5.78 Å². The Morgan fingerprint density at radius 1 is 1.17 bits per heavy atom. The molecule has 0 radical (unpaired) electrons. The SMILES string of the molecule is CCOC(=O)c1cc(C(C(C)=O)C(=O)OCC)n(N(C)C)c1C. The van der Waals surface area contributed by atoms with E-state index in [4.69, 9.17) is 9.47 Å². The summed E-state index contributed by atoms with van der Waals surface area (Å²) in [6, 6.07) is 1.52. The van der Waals surface area contributed by atoms with Crippen LogP contribution in [0.4, 0.5) is 0 Å². The van der Waals surface area contributed by atoms with Crippen LogP contribution in [0.15, 0.2) is 6.07 Å². The molecule has 0 saturated carbocycles. The fraction of sp³-hybridized carbons (Fsp3) is 0.562. The van der Waals surface area contributed by atoms with Crippen LogP contribution in [0.25, 0.3) is 0 Å². The van der Waals surface area contributed by atoms with Crippen molar-refractivity contribution in [3.05, 3.63) is 23.0 Å². The molecule has 0 aliphatic heterocycles. The maximum absolute atomic E-state index is 12.2. The maximum Gasteiger partial charge on any atom is 0.340 e. The summed E-state index contributed by atoms with van der Waals surface area (Å²) in [5, 5.41) is 1.70. The van der Waals surface area contributed by atoms with Crippen molar-refractivity contribution in [3.63, 3.8) is 0 Å². The first-order valence-corrected chi connectivity index (χ1v) is 7.50. The van der Waals surface area contributed by atoms with Crippen molar-refractivity contribution in [2.24, 2.45) is 0 Å². The van der Waals surface area contributed by atoms with Gasteiger partial charge in [0.2, 0.25) is 0 Å². The van der Waals surface area contributed by atoms with Crippen LogP contribution in [0.2, 0.25) is 0 Å². The molecule has 1 atom stereocenters. The number of hydrogen-bond acceptors (Lipinski definition) is 6. The fourth-order valence-corrected chi connectivity index (χ4v) is 2.49. The summed E-state index contributed by atoms with van der Waals surface area (Å²) in [5.74, 6) is -2.55. The third-order valence-electron chi connectivity index (χ3n) is 3.36. The van der Waals surface area contributed by atoms with E-state index >= 15 is 0 Å². The zero-order chi connectivity index (χ0) is 17.7. The minimum atomic E-state index is -1.08. The first-order valence-electron chi connectivity index (χ1n) is 7.50. The van der Waals surface area contributed by atoms with Gasteiger partial charge in [-0.05, 0) is 33.8 Å². The second-order valence-electron chi connectivity index (χ2n) is 5.24. The van der Waals surface area contributed by atoms with E-state index in [-0.39, 0.29) is 19.0 Å². The highest BCUT2D eigenvalue weighted by Gasteiger charge is 2.33. The molecule has 0 amide bonds. The molecule has 1 heterocycles. The van der Waals surface area contributed by atoms with E-state index < -0.39 is 17.9 Å². The van der Waals surface area contributed by atoms with Gasteiger partial charge in [0.05, 0.1) is 30.2 Å². The highest BCUT2D eigenvalue weighted by atomic mass is 16.5. The summed E-state index contributed by atoms with van der Waals surface area (Å²) in [7, 11) is 3.52. The summed E-state index contributed by atoms with van der Waals surface area (Å²) in [4.78, 5) is 36.3. The van der Waals surface area contributed by atoms with E-state index in [1.54, 1.807) is 44.6 Å². The zero-order valence-electron chi connectivity index (χ0n) is 14.5. The van der Waals surface area contributed by atoms with Crippen LogP contribution in [0.5, 0.6) is 0 Å². The summed E-state index contributed by atoms with van der Waals surface area (Å²) in [5.41, 5.74) is 1.31. The molecule has 1 rings (SSSR count). The minimum absolute atomic E-state index is 0.176. The normalized spacial score (nSPS) is 11.7. The van der Waals surface area contributed by atoms with Crippen molar-refractivity contribution in [2.75, 3.05) is 32.3 Å². The van der Waals surface area contributed by atoms with E-state index in [1.807, 2.05) is 0 Å². The Bertz CT molecular complexity index is 604. The largest absolute Gasteiger partial charge is 0.465 e. The number of Topliss-reactive ketones (excluding diaryl/α,β-unsaturated/α-hetero) is 1. The number of carbonyl (C=O) groups is 3. The molecule has 0 aliphatic carbocycles. The van der Waals surface area contributed by atoms with E-state index in [0.717, 1.165) is 0 Å². The number of ether oxygens (including phenoxy) is 2. The molecule has 0 fully saturated rings. The van der Waals surface area contributed by atoms with E-state index in [0.29, 0.717) is 17.0 Å². The standard InChI is InChI=1S/C16H24N2O5/c1-7-22-15(20)12-9-13(18(10(12)3)17(5)6)14(11(4)19)16(21)23-8-2/h9,14H,7-8H2,1-6H3. The number of carbonyl (C=O) groups excluding carboxylic acids is 3. The van der Waals surface area contributed by atoms with E-state index in [9.17, 15) is 14.4 Å². The number of aromatic nitrogens is 1. The molecular formula is C16H24N2O5. The molecule has 0 spiro atoms. The Morgan fingerprint density at radius 3 is 2.17 bits per heavy atom. The second-order valence-corrected chi connectivity index (χ2v) is 5.24. The van der Waals surface area contributed by atoms with Gasteiger partial charge in [-0.3, -0.25) is 14.3 Å². The smallest absolute Gasteiger partial charge is 0.340 e. The third kappa shape index (κ3) is 3.91. The molecule has 1 aromatic heterocycles. The van der Waals surface area contributed by atoms with Gasteiger partial charge in [-0.2, -0.15) is 0 Å². The van der Waals surface area contributed by atoms with E-state index in [1.165, 1.54) is 13.0 Å². The maximum atomic E-state index is 12.2. The van der Waals surface area contributed by atoms with Crippen LogP contribution in [-0.2, 0) is 19.1 Å². The summed E-state index contributed by atoms with van der Waals surface area (Å²) >= 11 is 0. The second kappa shape index (κ2) is 7.80. The molecule has 1 aromatic rings. The molecule has 23 heavy (non-hydrogen) atoms. The summed E-state index contributed by atoms with van der Waals surface area (Å²) < 4.78 is 11.7. The molecule has 0 aliphatic rings. The average Bonchev–Trinajstić information content (AvgIpc) is 2.76. The van der Waals surface area contributed by atoms with Gasteiger partial charge in [-0.25, -0.2) is 4.79 Å². The van der Waals surface area contributed by atoms with Crippen molar-refractivity contribution in [3.8, 4) is 0 Å². The molecule has 0 N–H and O–H groups in total. The lowest BCUT2D eigenvalue weighted by Gasteiger charge is -2.23. The van der Waals surface area contributed by atoms with Gasteiger partial charge in [0, 0.05) is 14.1 Å². The van der Waals surface area contributed by atoms with Gasteiger partial charge in [0.25, 0.3) is 0 Å². The van der Waals surface area contributed by atoms with E-state index in [2.05, 4.69) is 0 Å². The van der Waals surface area contributed by atoms with Gasteiger partial charge >= 0.3 is 11.9 Å². The van der Waals surface area contributed by atoms with Crippen molar-refractivity contribution >= 4 is 17.7 Å². The average molecular weight is 324 g/mol. The number of nitrogens with zero attached hydrogens (tertiary/aromatic N) is 2. The quantitative estimate of drug-likeness (QED) is 0.557. The van der Waals surface area contributed by atoms with Crippen LogP contribution in [0, 0.1) is 6.92 Å². The monoisotopic (exact) mass is 324 g/mol. The van der Waals surface area contributed by atoms with Crippen LogP contribution >= 0.6 is 0 Å². The lowest BCUT2D eigenvalue weighted by Crippen LogP contribution is -2.33. The first kappa shape index (κ1) is 18.7. The van der Waals surface area contributed by atoms with Crippen molar-refractivity contribution in [1.29, 1.82) is 0 Å². The topological polar surface area (TPSA) is 77.8 Å². The molecule has 0 saturated heterocycles. The number of rotatable bonds is 7. The molecule has 7 heteroatoms. The van der Waals surface area contributed by atoms with Gasteiger partial charge < -0.3 is 14.5 Å². The molecular weight excluding hydrogens is 300 g/mol. The van der Waals surface area contributed by atoms with Gasteiger partial charge in [-0.1, -0.05) is 0 Å². The Labute approximate surface area is 136 Å². The molecule has 0 aromatic carbocycles. The molecule has 128 valence electrons. The Balaban J connectivity index is 3.48. The van der Waals surface area contributed by atoms with Crippen molar-refractivity contribution in [2.45, 2.75) is 33.6 Å². The number of ketones is 1. The number of hydrogen-bond donors (Lipinski definition) is 0. The minimum Gasteiger partial charge on any atom is -0.465 e. The van der Waals surface area contributed by atoms with Crippen molar-refractivity contribution < 1.29 is 23.9 Å². The van der Waals surface area contributed by atoms with Crippen LogP contribution in [-0.4, -0.2) is 49.7 Å². The predicted octanol–water partition coefficient (Wildman–Crippen LogP) is 1.41. The summed E-state index contributed by atoms with van der Waals surface area (Å²) in [6.07, 6.45) is 0. The molecule has 7 nitrogen and oxygen atoms in total. The third-order valence-corrected chi connectivity index (χ3v) is 3.36. The van der Waals surface area contributed by atoms with Gasteiger partial charge in [0.15, 0.2) is 5.92 Å². The van der Waals surface area contributed by atoms with Crippen LogP contribution in [0.3, 0.4) is 0 Å². The summed E-state index contributed by atoms with van der Waals surface area (Å²) in [6.45, 7) is 6.87. The van der Waals surface area contributed by atoms with Crippen molar-refractivity contribution in [1.82, 2.24) is 4.68 Å². The lowest BCUT2D eigenvalue weighted by atomic mass is 10.0. The molecule has 0 bridgehead atoms. The zero-order valence-corrected chi connectivity index (χ0v) is 14.5. The predicted molar refractivity (Wildman–Crippen MR) is 85.2 cm³/mol. The van der Waals surface area contributed by atoms with Crippen LogP contribution in [0.1, 0.15) is 48.4 Å². The fourth-order valence-electron chi connectivity index (χ4n) is 2.49. The first-order chi connectivity index (χ1) is 10.8. The Kier molecular flexibility index (Phi) is 6.36. The molecule has 1 unspecified atom stereocenters. The Morgan fingerprint density at radius 2 is 1.74 bits per heavy atom. The highest BCUT2D eigenvalue weighted by molar-refractivity contribution is 6.03. The lowest BCUT2D eigenvalue weighted by molar-refractivity contribution is -0.147. The van der Waals surface area contributed by atoms with Crippen LogP contribution < -0.4 is 5.01 Å². The Hall–Kier alpha value is -2.31. The highest BCUT2D eigenvalue weighted by Crippen LogP contribution is 2.26.